The molecule has 6 heteroatoms. The first-order valence-electron chi connectivity index (χ1n) is 9.29. The van der Waals surface area contributed by atoms with Crippen molar-refractivity contribution in [2.24, 2.45) is 5.92 Å². The van der Waals surface area contributed by atoms with E-state index in [4.69, 9.17) is 4.74 Å². The average molecular weight is 356 g/mol. The van der Waals surface area contributed by atoms with Crippen molar-refractivity contribution >= 4 is 16.9 Å². The number of benzene rings is 1. The second kappa shape index (κ2) is 8.10. The molecular weight excluding hydrogens is 328 g/mol. The van der Waals surface area contributed by atoms with E-state index in [-0.39, 0.29) is 12.0 Å². The van der Waals surface area contributed by atoms with Crippen LogP contribution < -0.4 is 5.32 Å². The summed E-state index contributed by atoms with van der Waals surface area (Å²) in [4.78, 5) is 24.0. The third-order valence-corrected chi connectivity index (χ3v) is 4.67. The predicted molar refractivity (Wildman–Crippen MR) is 102 cm³/mol. The van der Waals surface area contributed by atoms with Crippen LogP contribution in [-0.4, -0.2) is 59.7 Å². The Balaban J connectivity index is 1.61. The van der Waals surface area contributed by atoms with Gasteiger partial charge in [-0.15, -0.1) is 0 Å². The first-order valence-corrected chi connectivity index (χ1v) is 9.29. The lowest BCUT2D eigenvalue weighted by Crippen LogP contribution is -2.48. The van der Waals surface area contributed by atoms with Gasteiger partial charge in [-0.1, -0.05) is 13.8 Å². The number of morpholine rings is 1. The molecule has 1 atom stereocenters. The molecule has 1 saturated heterocycles. The van der Waals surface area contributed by atoms with Crippen molar-refractivity contribution in [1.29, 1.82) is 0 Å². The molecule has 26 heavy (non-hydrogen) atoms. The van der Waals surface area contributed by atoms with E-state index in [1.807, 2.05) is 19.9 Å². The van der Waals surface area contributed by atoms with Crippen LogP contribution in [0.25, 0.3) is 11.0 Å². The molecule has 2 heterocycles. The van der Waals surface area contributed by atoms with Crippen LogP contribution in [0.5, 0.6) is 0 Å². The minimum absolute atomic E-state index is 0.0385. The van der Waals surface area contributed by atoms with Crippen LogP contribution in [0.1, 0.15) is 35.6 Å². The summed E-state index contributed by atoms with van der Waals surface area (Å²) >= 11 is 0. The topological polar surface area (TPSA) is 67.4 Å². The molecule has 0 saturated carbocycles. The van der Waals surface area contributed by atoms with Gasteiger partial charge in [-0.2, -0.15) is 0 Å². The van der Waals surface area contributed by atoms with E-state index in [0.717, 1.165) is 48.7 Å². The summed E-state index contributed by atoms with van der Waals surface area (Å²) in [6, 6.07) is 5.45. The first-order chi connectivity index (χ1) is 12.4. The summed E-state index contributed by atoms with van der Waals surface area (Å²) in [5.41, 5.74) is 3.96. The molecule has 1 unspecified atom stereocenters. The molecule has 0 bridgehead atoms. The zero-order chi connectivity index (χ0) is 18.7. The van der Waals surface area contributed by atoms with Crippen molar-refractivity contribution in [2.45, 2.75) is 33.8 Å². The molecule has 0 radical (unpaired) electrons. The molecule has 3 rings (SSSR count). The summed E-state index contributed by atoms with van der Waals surface area (Å²) in [6.45, 7) is 12.4. The first kappa shape index (κ1) is 18.7. The van der Waals surface area contributed by atoms with Gasteiger partial charge in [0, 0.05) is 31.7 Å². The molecule has 1 aromatic heterocycles. The van der Waals surface area contributed by atoms with Gasteiger partial charge >= 0.3 is 0 Å². The summed E-state index contributed by atoms with van der Waals surface area (Å²) in [7, 11) is 0. The molecule has 1 aliphatic rings. The third kappa shape index (κ3) is 4.56. The minimum Gasteiger partial charge on any atom is -0.374 e. The van der Waals surface area contributed by atoms with E-state index < -0.39 is 0 Å². The Morgan fingerprint density at radius 3 is 2.73 bits per heavy atom. The Morgan fingerprint density at radius 2 is 2.00 bits per heavy atom. The Hall–Kier alpha value is -2.05. The van der Waals surface area contributed by atoms with Crippen molar-refractivity contribution in [3.8, 4) is 0 Å². The molecule has 6 nitrogen and oxygen atoms in total. The number of hydrogen-bond acceptors (Lipinski definition) is 5. The Kier molecular flexibility index (Phi) is 5.84. The van der Waals surface area contributed by atoms with E-state index >= 15 is 0 Å². The van der Waals surface area contributed by atoms with Crippen molar-refractivity contribution in [3.05, 3.63) is 35.2 Å². The maximum absolute atomic E-state index is 12.5. The zero-order valence-electron chi connectivity index (χ0n) is 16.1. The maximum Gasteiger partial charge on any atom is 0.251 e. The van der Waals surface area contributed by atoms with E-state index in [1.165, 1.54) is 0 Å². The maximum atomic E-state index is 12.5. The smallest absolute Gasteiger partial charge is 0.251 e. The largest absolute Gasteiger partial charge is 0.374 e. The highest BCUT2D eigenvalue weighted by Gasteiger charge is 2.21. The quantitative estimate of drug-likeness (QED) is 0.891. The van der Waals surface area contributed by atoms with E-state index in [9.17, 15) is 4.79 Å². The SMILES string of the molecule is Cc1nc2ccc(C(=O)NCC3CN(CC(C)C)CCO3)cc2nc1C. The van der Waals surface area contributed by atoms with Gasteiger partial charge in [0.15, 0.2) is 0 Å². The fraction of sp³-hybridized carbons (Fsp3) is 0.550. The van der Waals surface area contributed by atoms with Gasteiger partial charge in [-0.05, 0) is 38.0 Å². The molecule has 0 spiro atoms. The second-order valence-corrected chi connectivity index (χ2v) is 7.45. The van der Waals surface area contributed by atoms with Gasteiger partial charge in [-0.3, -0.25) is 9.69 Å². The number of amides is 1. The van der Waals surface area contributed by atoms with Crippen molar-refractivity contribution in [1.82, 2.24) is 20.2 Å². The van der Waals surface area contributed by atoms with Crippen molar-refractivity contribution < 1.29 is 9.53 Å². The van der Waals surface area contributed by atoms with Crippen LogP contribution >= 0.6 is 0 Å². The van der Waals surface area contributed by atoms with Crippen molar-refractivity contribution in [2.75, 3.05) is 32.8 Å². The van der Waals surface area contributed by atoms with Crippen LogP contribution in [0.15, 0.2) is 18.2 Å². The molecule has 0 aliphatic carbocycles. The zero-order valence-corrected chi connectivity index (χ0v) is 16.1. The molecule has 2 aromatic rings. The third-order valence-electron chi connectivity index (χ3n) is 4.67. The number of rotatable bonds is 5. The molecule has 1 N–H and O–H groups in total. The highest BCUT2D eigenvalue weighted by molar-refractivity contribution is 5.97. The summed E-state index contributed by atoms with van der Waals surface area (Å²) in [6.07, 6.45) is 0.0385. The van der Waals surface area contributed by atoms with E-state index in [0.29, 0.717) is 18.0 Å². The number of hydrogen-bond donors (Lipinski definition) is 1. The van der Waals surface area contributed by atoms with Gasteiger partial charge in [0.25, 0.3) is 5.91 Å². The van der Waals surface area contributed by atoms with Crippen LogP contribution in [0, 0.1) is 19.8 Å². The lowest BCUT2D eigenvalue weighted by atomic mass is 10.1. The number of aromatic nitrogens is 2. The van der Waals surface area contributed by atoms with Gasteiger partial charge in [0.05, 0.1) is 35.1 Å². The Labute approximate surface area is 155 Å². The molecule has 1 aliphatic heterocycles. The summed E-state index contributed by atoms with van der Waals surface area (Å²) in [5, 5.41) is 2.99. The minimum atomic E-state index is -0.100. The fourth-order valence-corrected chi connectivity index (χ4v) is 3.27. The number of nitrogens with one attached hydrogen (secondary N) is 1. The van der Waals surface area contributed by atoms with Gasteiger partial charge in [0.1, 0.15) is 0 Å². The lowest BCUT2D eigenvalue weighted by molar-refractivity contribution is -0.0295. The standard InChI is InChI=1S/C20H28N4O2/c1-13(2)11-24-7-8-26-17(12-24)10-21-20(25)16-5-6-18-19(9-16)23-15(4)14(3)22-18/h5-6,9,13,17H,7-8,10-12H2,1-4H3,(H,21,25). The average Bonchev–Trinajstić information content (AvgIpc) is 2.60. The Bertz CT molecular complexity index is 791. The highest BCUT2D eigenvalue weighted by atomic mass is 16.5. The molecule has 1 fully saturated rings. The van der Waals surface area contributed by atoms with Gasteiger partial charge in [0.2, 0.25) is 0 Å². The van der Waals surface area contributed by atoms with Crippen LogP contribution in [0.4, 0.5) is 0 Å². The number of fused-ring (bicyclic) bond motifs is 1. The monoisotopic (exact) mass is 356 g/mol. The normalized spacial score (nSPS) is 18.4. The summed E-state index contributed by atoms with van der Waals surface area (Å²) in [5.74, 6) is 0.533. The highest BCUT2D eigenvalue weighted by Crippen LogP contribution is 2.15. The molecule has 1 aromatic carbocycles. The number of carbonyl (C=O) groups excluding carboxylic acids is 1. The fourth-order valence-electron chi connectivity index (χ4n) is 3.27. The number of nitrogens with zero attached hydrogens (tertiary/aromatic N) is 3. The van der Waals surface area contributed by atoms with Gasteiger partial charge in [-0.25, -0.2) is 9.97 Å². The molecular formula is C20H28N4O2. The number of aryl methyl sites for hydroxylation is 2. The van der Waals surface area contributed by atoms with Crippen LogP contribution in [0.3, 0.4) is 0 Å². The van der Waals surface area contributed by atoms with Crippen molar-refractivity contribution in [3.63, 3.8) is 0 Å². The lowest BCUT2D eigenvalue weighted by Gasteiger charge is -2.33. The van der Waals surface area contributed by atoms with Crippen LogP contribution in [0.2, 0.25) is 0 Å². The second-order valence-electron chi connectivity index (χ2n) is 7.45. The molecule has 1 amide bonds. The predicted octanol–water partition coefficient (Wildman–Crippen LogP) is 2.33. The van der Waals surface area contributed by atoms with E-state index in [1.54, 1.807) is 12.1 Å². The Morgan fingerprint density at radius 1 is 1.27 bits per heavy atom. The van der Waals surface area contributed by atoms with Crippen LogP contribution in [-0.2, 0) is 4.74 Å². The van der Waals surface area contributed by atoms with E-state index in [2.05, 4.69) is 34.0 Å². The summed E-state index contributed by atoms with van der Waals surface area (Å²) < 4.78 is 5.80. The van der Waals surface area contributed by atoms with Gasteiger partial charge < -0.3 is 10.1 Å². The molecule has 140 valence electrons. The number of carbonyl (C=O) groups is 1. The number of ether oxygens (including phenoxy) is 1.